The molecule has 2 rings (SSSR count). The maximum atomic E-state index is 11.7. The summed E-state index contributed by atoms with van der Waals surface area (Å²) in [6.07, 6.45) is 0.818. The van der Waals surface area contributed by atoms with E-state index in [-0.39, 0.29) is 6.03 Å². The van der Waals surface area contributed by atoms with Gasteiger partial charge in [0.15, 0.2) is 0 Å². The highest BCUT2D eigenvalue weighted by Gasteiger charge is 2.07. The summed E-state index contributed by atoms with van der Waals surface area (Å²) in [4.78, 5) is 11.7. The van der Waals surface area contributed by atoms with Crippen molar-refractivity contribution >= 4 is 28.2 Å². The first-order valence-corrected chi connectivity index (χ1v) is 6.46. The van der Waals surface area contributed by atoms with Crippen molar-refractivity contribution in [1.29, 1.82) is 0 Å². The zero-order valence-corrected chi connectivity index (χ0v) is 11.0. The number of nitrogens with one attached hydrogen (secondary N) is 2. The molecule has 0 aliphatic rings. The summed E-state index contributed by atoms with van der Waals surface area (Å²) >= 11 is 1.38. The lowest BCUT2D eigenvalue weighted by molar-refractivity contribution is 0.262. The van der Waals surface area contributed by atoms with Gasteiger partial charge in [-0.3, -0.25) is 5.32 Å². The van der Waals surface area contributed by atoms with Gasteiger partial charge in [0.1, 0.15) is 5.01 Å². The smallest absolute Gasteiger partial charge is 0.308 e. The zero-order chi connectivity index (χ0) is 13.0. The van der Waals surface area contributed by atoms with Crippen LogP contribution in [0.5, 0.6) is 0 Å². The Balaban J connectivity index is 1.96. The molecule has 0 aliphatic heterocycles. The van der Waals surface area contributed by atoms with Crippen LogP contribution in [0.3, 0.4) is 0 Å². The van der Waals surface area contributed by atoms with Gasteiger partial charge in [-0.2, -0.15) is 0 Å². The number of anilines is 2. The van der Waals surface area contributed by atoms with Gasteiger partial charge in [-0.1, -0.05) is 30.4 Å². The molecule has 94 valence electrons. The van der Waals surface area contributed by atoms with Crippen LogP contribution in [-0.2, 0) is 6.42 Å². The highest BCUT2D eigenvalue weighted by molar-refractivity contribution is 7.15. The third-order valence-corrected chi connectivity index (χ3v) is 3.25. The lowest BCUT2D eigenvalue weighted by Gasteiger charge is -2.05. The van der Waals surface area contributed by atoms with Gasteiger partial charge in [0, 0.05) is 5.69 Å². The first kappa shape index (κ1) is 12.5. The molecule has 2 N–H and O–H groups in total. The van der Waals surface area contributed by atoms with Gasteiger partial charge in [-0.25, -0.2) is 4.79 Å². The van der Waals surface area contributed by atoms with Crippen molar-refractivity contribution in [2.45, 2.75) is 20.3 Å². The van der Waals surface area contributed by atoms with Crippen molar-refractivity contribution < 1.29 is 4.79 Å². The van der Waals surface area contributed by atoms with Crippen LogP contribution >= 0.6 is 11.3 Å². The second-order valence-electron chi connectivity index (χ2n) is 3.80. The van der Waals surface area contributed by atoms with Crippen molar-refractivity contribution in [2.75, 3.05) is 10.6 Å². The predicted octanol–water partition coefficient (Wildman–Crippen LogP) is 3.05. The van der Waals surface area contributed by atoms with E-state index in [1.807, 2.05) is 38.1 Å². The van der Waals surface area contributed by atoms with Crippen molar-refractivity contribution in [3.63, 3.8) is 0 Å². The minimum atomic E-state index is -0.306. The van der Waals surface area contributed by atoms with Crippen LogP contribution < -0.4 is 10.6 Å². The van der Waals surface area contributed by atoms with Gasteiger partial charge in [0.25, 0.3) is 0 Å². The molecule has 1 aromatic heterocycles. The number of nitrogens with zero attached hydrogens (tertiary/aromatic N) is 2. The summed E-state index contributed by atoms with van der Waals surface area (Å²) in [5.74, 6) is 0. The minimum Gasteiger partial charge on any atom is -0.308 e. The predicted molar refractivity (Wildman–Crippen MR) is 73.1 cm³/mol. The molecule has 2 aromatic rings. The topological polar surface area (TPSA) is 66.9 Å². The third kappa shape index (κ3) is 3.27. The molecule has 0 spiro atoms. The zero-order valence-electron chi connectivity index (χ0n) is 10.2. The van der Waals surface area contributed by atoms with Crippen molar-refractivity contribution in [2.24, 2.45) is 0 Å². The standard InChI is InChI=1S/C12H14N4OS/c1-3-10-15-16-12(18-10)14-11(17)13-9-6-4-5-8(2)7-9/h4-7H,3H2,1-2H3,(H2,13,14,16,17). The monoisotopic (exact) mass is 262 g/mol. The van der Waals surface area contributed by atoms with Crippen molar-refractivity contribution in [3.05, 3.63) is 34.8 Å². The maximum absolute atomic E-state index is 11.7. The average Bonchev–Trinajstić information content (AvgIpc) is 2.76. The summed E-state index contributed by atoms with van der Waals surface area (Å²) < 4.78 is 0. The number of urea groups is 1. The molecule has 6 heteroatoms. The minimum absolute atomic E-state index is 0.306. The molecule has 0 saturated carbocycles. The van der Waals surface area contributed by atoms with E-state index in [1.54, 1.807) is 0 Å². The van der Waals surface area contributed by atoms with Gasteiger partial charge in [0.05, 0.1) is 0 Å². The lowest BCUT2D eigenvalue weighted by atomic mass is 10.2. The number of hydrogen-bond acceptors (Lipinski definition) is 4. The molecule has 5 nitrogen and oxygen atoms in total. The van der Waals surface area contributed by atoms with E-state index >= 15 is 0 Å². The van der Waals surface area contributed by atoms with E-state index in [4.69, 9.17) is 0 Å². The van der Waals surface area contributed by atoms with Crippen LogP contribution in [-0.4, -0.2) is 16.2 Å². The quantitative estimate of drug-likeness (QED) is 0.893. The highest BCUT2D eigenvalue weighted by atomic mass is 32.1. The number of carbonyl (C=O) groups is 1. The van der Waals surface area contributed by atoms with Crippen LogP contribution in [0.4, 0.5) is 15.6 Å². The fourth-order valence-corrected chi connectivity index (χ4v) is 2.10. The number of amides is 2. The lowest BCUT2D eigenvalue weighted by Crippen LogP contribution is -2.19. The van der Waals surface area contributed by atoms with Crippen LogP contribution in [0.1, 0.15) is 17.5 Å². The van der Waals surface area contributed by atoms with Gasteiger partial charge >= 0.3 is 6.03 Å². The Morgan fingerprint density at radius 2 is 2.17 bits per heavy atom. The number of hydrogen-bond donors (Lipinski definition) is 2. The molecule has 0 atom stereocenters. The number of benzene rings is 1. The SMILES string of the molecule is CCc1nnc(NC(=O)Nc2cccc(C)c2)s1. The Morgan fingerprint density at radius 1 is 1.33 bits per heavy atom. The molecule has 0 radical (unpaired) electrons. The highest BCUT2D eigenvalue weighted by Crippen LogP contribution is 2.16. The number of rotatable bonds is 3. The first-order valence-electron chi connectivity index (χ1n) is 5.64. The number of aryl methyl sites for hydroxylation is 2. The van der Waals surface area contributed by atoms with Gasteiger partial charge < -0.3 is 5.32 Å². The van der Waals surface area contributed by atoms with E-state index in [1.165, 1.54) is 11.3 Å². The Labute approximate surface area is 109 Å². The van der Waals surface area contributed by atoms with Crippen molar-refractivity contribution in [1.82, 2.24) is 10.2 Å². The largest absolute Gasteiger partial charge is 0.325 e. The normalized spacial score (nSPS) is 10.1. The molecule has 0 saturated heterocycles. The van der Waals surface area contributed by atoms with Crippen LogP contribution in [0.25, 0.3) is 0 Å². The number of carbonyl (C=O) groups excluding carboxylic acids is 1. The van der Waals surface area contributed by atoms with Gasteiger partial charge in [0.2, 0.25) is 5.13 Å². The van der Waals surface area contributed by atoms with E-state index in [9.17, 15) is 4.79 Å². The number of aromatic nitrogens is 2. The van der Waals surface area contributed by atoms with Gasteiger partial charge in [-0.05, 0) is 31.0 Å². The fourth-order valence-electron chi connectivity index (χ4n) is 1.43. The van der Waals surface area contributed by atoms with Gasteiger partial charge in [-0.15, -0.1) is 10.2 Å². The van der Waals surface area contributed by atoms with E-state index in [2.05, 4.69) is 20.8 Å². The van der Waals surface area contributed by atoms with Crippen molar-refractivity contribution in [3.8, 4) is 0 Å². The Kier molecular flexibility index (Phi) is 3.88. The summed E-state index contributed by atoms with van der Waals surface area (Å²) in [6, 6.07) is 7.30. The van der Waals surface area contributed by atoms with E-state index in [0.717, 1.165) is 22.7 Å². The summed E-state index contributed by atoms with van der Waals surface area (Å²) in [7, 11) is 0. The molecule has 0 fully saturated rings. The third-order valence-electron chi connectivity index (χ3n) is 2.27. The molecular formula is C12H14N4OS. The van der Waals surface area contributed by atoms with E-state index < -0.39 is 0 Å². The maximum Gasteiger partial charge on any atom is 0.325 e. The second-order valence-corrected chi connectivity index (χ2v) is 4.87. The summed E-state index contributed by atoms with van der Waals surface area (Å²) in [5, 5.41) is 14.6. The summed E-state index contributed by atoms with van der Waals surface area (Å²) in [5.41, 5.74) is 1.85. The Morgan fingerprint density at radius 3 is 2.83 bits per heavy atom. The van der Waals surface area contributed by atoms with E-state index in [0.29, 0.717) is 5.13 Å². The molecular weight excluding hydrogens is 248 g/mol. The van der Waals surface area contributed by atoms with Crippen LogP contribution in [0, 0.1) is 6.92 Å². The molecule has 0 unspecified atom stereocenters. The molecule has 2 amide bonds. The molecule has 1 aromatic carbocycles. The average molecular weight is 262 g/mol. The Bertz CT molecular complexity index is 553. The fraction of sp³-hybridized carbons (Fsp3) is 0.250. The molecule has 1 heterocycles. The molecule has 0 bridgehead atoms. The van der Waals surface area contributed by atoms with Crippen LogP contribution in [0.2, 0.25) is 0 Å². The molecule has 0 aliphatic carbocycles. The second kappa shape index (κ2) is 5.59. The van der Waals surface area contributed by atoms with Crippen LogP contribution in [0.15, 0.2) is 24.3 Å². The Hall–Kier alpha value is -1.95. The molecule has 18 heavy (non-hydrogen) atoms. The summed E-state index contributed by atoms with van der Waals surface area (Å²) in [6.45, 7) is 3.97. The first-order chi connectivity index (χ1) is 8.67.